The summed E-state index contributed by atoms with van der Waals surface area (Å²) in [4.78, 5) is 26.7. The van der Waals surface area contributed by atoms with Crippen molar-refractivity contribution in [2.45, 2.75) is 39.5 Å². The third kappa shape index (κ3) is 6.03. The summed E-state index contributed by atoms with van der Waals surface area (Å²) in [5.41, 5.74) is 1.67. The van der Waals surface area contributed by atoms with Crippen molar-refractivity contribution in [3.8, 4) is 0 Å². The van der Waals surface area contributed by atoms with E-state index < -0.39 is 0 Å². The van der Waals surface area contributed by atoms with Crippen molar-refractivity contribution < 1.29 is 9.59 Å². The number of anilines is 2. The van der Waals surface area contributed by atoms with Crippen molar-refractivity contribution in [2.24, 2.45) is 5.92 Å². The maximum absolute atomic E-state index is 13.0. The van der Waals surface area contributed by atoms with E-state index >= 15 is 0 Å². The summed E-state index contributed by atoms with van der Waals surface area (Å²) in [6, 6.07) is 19.2. The highest BCUT2D eigenvalue weighted by Crippen LogP contribution is 2.27. The van der Waals surface area contributed by atoms with E-state index in [4.69, 9.17) is 0 Å². The Hall–Kier alpha value is -2.62. The van der Waals surface area contributed by atoms with E-state index in [0.29, 0.717) is 19.4 Å². The largest absolute Gasteiger partial charge is 0.356 e. The van der Waals surface area contributed by atoms with Crippen LogP contribution in [0.5, 0.6) is 0 Å². The molecule has 4 nitrogen and oxygen atoms in total. The molecule has 2 amide bonds. The summed E-state index contributed by atoms with van der Waals surface area (Å²) in [5.74, 6) is 0.0000291. The first-order chi connectivity index (χ1) is 12.6. The van der Waals surface area contributed by atoms with Crippen LogP contribution in [-0.4, -0.2) is 18.4 Å². The Morgan fingerprint density at radius 1 is 0.923 bits per heavy atom. The van der Waals surface area contributed by atoms with Crippen molar-refractivity contribution in [2.75, 3.05) is 11.4 Å². The van der Waals surface area contributed by atoms with Crippen LogP contribution in [0.25, 0.3) is 0 Å². The van der Waals surface area contributed by atoms with Gasteiger partial charge in [-0.15, -0.1) is 0 Å². The predicted molar refractivity (Wildman–Crippen MR) is 106 cm³/mol. The summed E-state index contributed by atoms with van der Waals surface area (Å²) in [6.45, 7) is 4.75. The normalized spacial score (nSPS) is 11.6. The number of rotatable bonds is 9. The Balaban J connectivity index is 2.04. The first-order valence-electron chi connectivity index (χ1n) is 9.31. The van der Waals surface area contributed by atoms with Gasteiger partial charge in [0, 0.05) is 30.8 Å². The van der Waals surface area contributed by atoms with Gasteiger partial charge in [-0.2, -0.15) is 0 Å². The van der Waals surface area contributed by atoms with Crippen LogP contribution in [-0.2, 0) is 9.59 Å². The van der Waals surface area contributed by atoms with Gasteiger partial charge >= 0.3 is 0 Å². The monoisotopic (exact) mass is 352 g/mol. The highest BCUT2D eigenvalue weighted by molar-refractivity contribution is 6.00. The number of benzene rings is 2. The Kier molecular flexibility index (Phi) is 7.87. The van der Waals surface area contributed by atoms with Gasteiger partial charge in [0.1, 0.15) is 0 Å². The summed E-state index contributed by atoms with van der Waals surface area (Å²) < 4.78 is 0. The number of hydrogen-bond acceptors (Lipinski definition) is 2. The summed E-state index contributed by atoms with van der Waals surface area (Å²) >= 11 is 0. The summed E-state index contributed by atoms with van der Waals surface area (Å²) in [6.07, 6.45) is 2.73. The van der Waals surface area contributed by atoms with Crippen molar-refractivity contribution in [3.63, 3.8) is 0 Å². The van der Waals surface area contributed by atoms with E-state index in [1.54, 1.807) is 4.90 Å². The van der Waals surface area contributed by atoms with E-state index in [1.165, 1.54) is 0 Å². The molecule has 138 valence electrons. The van der Waals surface area contributed by atoms with E-state index in [9.17, 15) is 9.59 Å². The van der Waals surface area contributed by atoms with Crippen molar-refractivity contribution in [3.05, 3.63) is 60.7 Å². The standard InChI is InChI=1S/C22H28N2O2/c1-3-4-15-23-21(25)16-18(2)17-22(26)24(19-11-7-5-8-12-19)20-13-9-6-10-14-20/h5-14,18H,3-4,15-17H2,1-2H3,(H,23,25). The lowest BCUT2D eigenvalue weighted by Gasteiger charge is -2.24. The molecule has 0 aromatic heterocycles. The maximum Gasteiger partial charge on any atom is 0.231 e. The molecule has 1 N–H and O–H groups in total. The van der Waals surface area contributed by atoms with Gasteiger partial charge in [-0.25, -0.2) is 0 Å². The Labute approximate surface area is 156 Å². The van der Waals surface area contributed by atoms with Crippen LogP contribution in [0.1, 0.15) is 39.5 Å². The van der Waals surface area contributed by atoms with Crippen molar-refractivity contribution in [1.82, 2.24) is 5.32 Å². The molecule has 0 spiro atoms. The number of nitrogens with zero attached hydrogens (tertiary/aromatic N) is 1. The zero-order valence-corrected chi connectivity index (χ0v) is 15.7. The molecule has 0 fully saturated rings. The maximum atomic E-state index is 13.0. The Bertz CT molecular complexity index is 646. The average molecular weight is 352 g/mol. The van der Waals surface area contributed by atoms with Crippen LogP contribution in [0.3, 0.4) is 0 Å². The molecular weight excluding hydrogens is 324 g/mol. The number of unbranched alkanes of at least 4 members (excludes halogenated alkanes) is 1. The minimum atomic E-state index is -0.0148. The molecule has 0 aliphatic rings. The molecule has 1 unspecified atom stereocenters. The van der Waals surface area contributed by atoms with Crippen LogP contribution >= 0.6 is 0 Å². The molecular formula is C22H28N2O2. The number of para-hydroxylation sites is 2. The number of nitrogens with one attached hydrogen (secondary N) is 1. The van der Waals surface area contributed by atoms with Crippen molar-refractivity contribution in [1.29, 1.82) is 0 Å². The van der Waals surface area contributed by atoms with Gasteiger partial charge in [0.25, 0.3) is 0 Å². The molecule has 0 saturated heterocycles. The fraction of sp³-hybridized carbons (Fsp3) is 0.364. The smallest absolute Gasteiger partial charge is 0.231 e. The molecule has 0 aliphatic carbocycles. The molecule has 26 heavy (non-hydrogen) atoms. The first kappa shape index (κ1) is 19.7. The van der Waals surface area contributed by atoms with Gasteiger partial charge in [-0.3, -0.25) is 14.5 Å². The minimum Gasteiger partial charge on any atom is -0.356 e. The van der Waals surface area contributed by atoms with Crippen molar-refractivity contribution >= 4 is 23.2 Å². The lowest BCUT2D eigenvalue weighted by Crippen LogP contribution is -2.30. The molecule has 0 radical (unpaired) electrons. The van der Waals surface area contributed by atoms with Crippen LogP contribution < -0.4 is 10.2 Å². The van der Waals surface area contributed by atoms with Gasteiger partial charge in [0.05, 0.1) is 0 Å². The first-order valence-corrected chi connectivity index (χ1v) is 9.31. The average Bonchev–Trinajstić information content (AvgIpc) is 2.63. The summed E-state index contributed by atoms with van der Waals surface area (Å²) in [5, 5.41) is 2.92. The quantitative estimate of drug-likeness (QED) is 0.666. The molecule has 0 heterocycles. The molecule has 2 rings (SSSR count). The lowest BCUT2D eigenvalue weighted by atomic mass is 10.0. The molecule has 0 aliphatic heterocycles. The van der Waals surface area contributed by atoms with Gasteiger partial charge in [-0.05, 0) is 36.6 Å². The van der Waals surface area contributed by atoms with Crippen LogP contribution in [0.4, 0.5) is 11.4 Å². The zero-order chi connectivity index (χ0) is 18.8. The SMILES string of the molecule is CCCCNC(=O)CC(C)CC(=O)N(c1ccccc1)c1ccccc1. The number of hydrogen-bond donors (Lipinski definition) is 1. The fourth-order valence-corrected chi connectivity index (χ4v) is 2.85. The lowest BCUT2D eigenvalue weighted by molar-refractivity contribution is -0.122. The molecule has 4 heteroatoms. The van der Waals surface area contributed by atoms with Gasteiger partial charge in [-0.1, -0.05) is 56.7 Å². The molecule has 2 aromatic carbocycles. The second kappa shape index (κ2) is 10.4. The van der Waals surface area contributed by atoms with E-state index in [-0.39, 0.29) is 17.7 Å². The molecule has 1 atom stereocenters. The molecule has 0 bridgehead atoms. The second-order valence-electron chi connectivity index (χ2n) is 6.62. The van der Waals surface area contributed by atoms with Crippen LogP contribution in [0, 0.1) is 5.92 Å². The predicted octanol–water partition coefficient (Wildman–Crippen LogP) is 4.68. The summed E-state index contributed by atoms with van der Waals surface area (Å²) in [7, 11) is 0. The Morgan fingerprint density at radius 2 is 1.46 bits per heavy atom. The fourth-order valence-electron chi connectivity index (χ4n) is 2.85. The highest BCUT2D eigenvalue weighted by Gasteiger charge is 2.21. The number of carbonyl (C=O) groups is 2. The van der Waals surface area contributed by atoms with Crippen LogP contribution in [0.2, 0.25) is 0 Å². The third-order valence-corrected chi connectivity index (χ3v) is 4.19. The van der Waals surface area contributed by atoms with Gasteiger partial charge in [0.15, 0.2) is 0 Å². The molecule has 2 aromatic rings. The van der Waals surface area contributed by atoms with E-state index in [0.717, 1.165) is 24.2 Å². The van der Waals surface area contributed by atoms with E-state index in [1.807, 2.05) is 67.6 Å². The number of amides is 2. The second-order valence-corrected chi connectivity index (χ2v) is 6.62. The Morgan fingerprint density at radius 3 is 1.96 bits per heavy atom. The highest BCUT2D eigenvalue weighted by atomic mass is 16.2. The number of carbonyl (C=O) groups excluding carboxylic acids is 2. The van der Waals surface area contributed by atoms with E-state index in [2.05, 4.69) is 12.2 Å². The van der Waals surface area contributed by atoms with Gasteiger partial charge in [0.2, 0.25) is 11.8 Å². The van der Waals surface area contributed by atoms with Crippen LogP contribution in [0.15, 0.2) is 60.7 Å². The molecule has 0 saturated carbocycles. The topological polar surface area (TPSA) is 49.4 Å². The minimum absolute atomic E-state index is 0.00346. The van der Waals surface area contributed by atoms with Gasteiger partial charge < -0.3 is 5.32 Å². The third-order valence-electron chi connectivity index (χ3n) is 4.19. The zero-order valence-electron chi connectivity index (χ0n) is 15.7.